The Morgan fingerprint density at radius 3 is 2.33 bits per heavy atom. The van der Waals surface area contributed by atoms with Gasteiger partial charge in [0.25, 0.3) is 0 Å². The molecule has 1 aromatic carbocycles. The monoisotopic (exact) mass is 250 g/mol. The van der Waals surface area contributed by atoms with Crippen molar-refractivity contribution >= 4 is 5.91 Å². The van der Waals surface area contributed by atoms with E-state index in [9.17, 15) is 9.18 Å². The molecule has 0 bridgehead atoms. The van der Waals surface area contributed by atoms with Crippen LogP contribution >= 0.6 is 0 Å². The molecular weight excluding hydrogens is 231 g/mol. The molecule has 1 fully saturated rings. The summed E-state index contributed by atoms with van der Waals surface area (Å²) in [5, 5.41) is 0. The second-order valence-electron chi connectivity index (χ2n) is 4.99. The van der Waals surface area contributed by atoms with E-state index in [1.807, 2.05) is 11.8 Å². The van der Waals surface area contributed by atoms with Crippen molar-refractivity contribution in [1.29, 1.82) is 0 Å². The van der Waals surface area contributed by atoms with E-state index in [2.05, 4.69) is 0 Å². The number of hydrogen-bond acceptors (Lipinski definition) is 2. The van der Waals surface area contributed by atoms with E-state index in [4.69, 9.17) is 5.73 Å². The molecule has 1 aliphatic rings. The molecule has 2 unspecified atom stereocenters. The van der Waals surface area contributed by atoms with Gasteiger partial charge in [0.05, 0.1) is 12.1 Å². The van der Waals surface area contributed by atoms with Crippen LogP contribution in [-0.4, -0.2) is 22.9 Å². The molecule has 1 amide bonds. The zero-order valence-electron chi connectivity index (χ0n) is 10.8. The van der Waals surface area contributed by atoms with Gasteiger partial charge in [0.15, 0.2) is 0 Å². The summed E-state index contributed by atoms with van der Waals surface area (Å²) in [6.45, 7) is 3.67. The molecule has 98 valence electrons. The van der Waals surface area contributed by atoms with Crippen LogP contribution in [0.2, 0.25) is 0 Å². The fraction of sp³-hybridized carbons (Fsp3) is 0.500. The van der Waals surface area contributed by atoms with Crippen molar-refractivity contribution in [2.24, 2.45) is 5.73 Å². The van der Waals surface area contributed by atoms with Crippen LogP contribution < -0.4 is 5.73 Å². The molecule has 0 heterocycles. The van der Waals surface area contributed by atoms with Gasteiger partial charge in [0, 0.05) is 6.04 Å². The van der Waals surface area contributed by atoms with Gasteiger partial charge in [-0.25, -0.2) is 4.39 Å². The summed E-state index contributed by atoms with van der Waals surface area (Å²) >= 11 is 0. The van der Waals surface area contributed by atoms with Gasteiger partial charge in [-0.2, -0.15) is 0 Å². The SMILES string of the molecule is CC(N)C(=O)N(C1CC1)C(C)c1ccc(F)cc1. The molecule has 3 nitrogen and oxygen atoms in total. The Morgan fingerprint density at radius 2 is 1.89 bits per heavy atom. The van der Waals surface area contributed by atoms with Crippen molar-refractivity contribution in [3.8, 4) is 0 Å². The van der Waals surface area contributed by atoms with Crippen LogP contribution in [0, 0.1) is 5.82 Å². The average Bonchev–Trinajstić information content (AvgIpc) is 3.14. The van der Waals surface area contributed by atoms with Crippen LogP contribution in [0.4, 0.5) is 4.39 Å². The summed E-state index contributed by atoms with van der Waals surface area (Å²) in [4.78, 5) is 14.0. The first-order chi connectivity index (χ1) is 8.50. The molecule has 0 radical (unpaired) electrons. The minimum absolute atomic E-state index is 0.0330. The number of nitrogens with zero attached hydrogens (tertiary/aromatic N) is 1. The van der Waals surface area contributed by atoms with Crippen LogP contribution in [0.15, 0.2) is 24.3 Å². The predicted molar refractivity (Wildman–Crippen MR) is 68.3 cm³/mol. The Kier molecular flexibility index (Phi) is 3.66. The van der Waals surface area contributed by atoms with Crippen molar-refractivity contribution in [1.82, 2.24) is 4.90 Å². The summed E-state index contributed by atoms with van der Waals surface area (Å²) in [7, 11) is 0. The normalized spacial score (nSPS) is 18.2. The van der Waals surface area contributed by atoms with Crippen molar-refractivity contribution < 1.29 is 9.18 Å². The van der Waals surface area contributed by atoms with Gasteiger partial charge < -0.3 is 10.6 Å². The first-order valence-electron chi connectivity index (χ1n) is 6.34. The Balaban J connectivity index is 2.20. The number of nitrogens with two attached hydrogens (primary N) is 1. The second-order valence-corrected chi connectivity index (χ2v) is 4.99. The fourth-order valence-electron chi connectivity index (χ4n) is 2.18. The van der Waals surface area contributed by atoms with E-state index >= 15 is 0 Å². The average molecular weight is 250 g/mol. The molecule has 18 heavy (non-hydrogen) atoms. The number of halogens is 1. The second kappa shape index (κ2) is 5.06. The Morgan fingerprint density at radius 1 is 1.33 bits per heavy atom. The molecule has 0 aromatic heterocycles. The van der Waals surface area contributed by atoms with E-state index in [1.165, 1.54) is 12.1 Å². The molecule has 4 heteroatoms. The van der Waals surface area contributed by atoms with Crippen LogP contribution in [0.5, 0.6) is 0 Å². The third kappa shape index (κ3) is 2.70. The lowest BCUT2D eigenvalue weighted by Gasteiger charge is -2.31. The maximum atomic E-state index is 12.9. The lowest BCUT2D eigenvalue weighted by Crippen LogP contribution is -2.44. The molecule has 2 atom stereocenters. The van der Waals surface area contributed by atoms with Crippen molar-refractivity contribution in [2.75, 3.05) is 0 Å². The summed E-state index contributed by atoms with van der Waals surface area (Å²) in [6.07, 6.45) is 2.06. The molecule has 2 rings (SSSR count). The topological polar surface area (TPSA) is 46.3 Å². The first-order valence-corrected chi connectivity index (χ1v) is 6.34. The molecule has 0 spiro atoms. The lowest BCUT2D eigenvalue weighted by atomic mass is 10.1. The summed E-state index contributed by atoms with van der Waals surface area (Å²) in [5.41, 5.74) is 6.63. The van der Waals surface area contributed by atoms with E-state index in [1.54, 1.807) is 19.1 Å². The zero-order chi connectivity index (χ0) is 13.3. The van der Waals surface area contributed by atoms with E-state index < -0.39 is 6.04 Å². The van der Waals surface area contributed by atoms with Crippen molar-refractivity contribution in [3.05, 3.63) is 35.6 Å². The van der Waals surface area contributed by atoms with Crippen LogP contribution in [0.3, 0.4) is 0 Å². The highest BCUT2D eigenvalue weighted by Crippen LogP contribution is 2.34. The highest BCUT2D eigenvalue weighted by Gasteiger charge is 2.37. The van der Waals surface area contributed by atoms with Gasteiger partial charge in [-0.3, -0.25) is 4.79 Å². The smallest absolute Gasteiger partial charge is 0.239 e. The van der Waals surface area contributed by atoms with Gasteiger partial charge in [0.1, 0.15) is 5.82 Å². The molecule has 1 saturated carbocycles. The third-order valence-corrected chi connectivity index (χ3v) is 3.35. The standard InChI is InChI=1S/C14H19FN2O/c1-9(16)14(18)17(13-7-8-13)10(2)11-3-5-12(15)6-4-11/h3-6,9-10,13H,7-8,16H2,1-2H3. The molecule has 0 saturated heterocycles. The number of carbonyl (C=O) groups excluding carboxylic acids is 1. The van der Waals surface area contributed by atoms with Crippen molar-refractivity contribution in [2.45, 2.75) is 44.8 Å². The predicted octanol–water partition coefficient (Wildman–Crippen LogP) is 2.22. The van der Waals surface area contributed by atoms with E-state index in [0.29, 0.717) is 6.04 Å². The van der Waals surface area contributed by atoms with E-state index in [0.717, 1.165) is 18.4 Å². The van der Waals surface area contributed by atoms with E-state index in [-0.39, 0.29) is 17.8 Å². The van der Waals surface area contributed by atoms with Crippen molar-refractivity contribution in [3.63, 3.8) is 0 Å². The molecule has 1 aromatic rings. The van der Waals surface area contributed by atoms with Gasteiger partial charge in [0.2, 0.25) is 5.91 Å². The Labute approximate surface area is 107 Å². The lowest BCUT2D eigenvalue weighted by molar-refractivity contribution is -0.135. The number of amides is 1. The number of carbonyl (C=O) groups is 1. The van der Waals surface area contributed by atoms with Gasteiger partial charge >= 0.3 is 0 Å². The third-order valence-electron chi connectivity index (χ3n) is 3.35. The highest BCUT2D eigenvalue weighted by atomic mass is 19.1. The first kappa shape index (κ1) is 13.0. The Hall–Kier alpha value is -1.42. The maximum absolute atomic E-state index is 12.9. The fourth-order valence-corrected chi connectivity index (χ4v) is 2.18. The number of benzene rings is 1. The van der Waals surface area contributed by atoms with Gasteiger partial charge in [-0.05, 0) is 44.4 Å². The maximum Gasteiger partial charge on any atom is 0.239 e. The largest absolute Gasteiger partial charge is 0.332 e. The quantitative estimate of drug-likeness (QED) is 0.890. The molecule has 1 aliphatic carbocycles. The van der Waals surface area contributed by atoms with Gasteiger partial charge in [-0.15, -0.1) is 0 Å². The summed E-state index contributed by atoms with van der Waals surface area (Å²) in [5.74, 6) is -0.295. The number of hydrogen-bond donors (Lipinski definition) is 1. The highest BCUT2D eigenvalue weighted by molar-refractivity contribution is 5.82. The minimum atomic E-state index is -0.492. The summed E-state index contributed by atoms with van der Waals surface area (Å²) in [6, 6.07) is 6.04. The summed E-state index contributed by atoms with van der Waals surface area (Å²) < 4.78 is 12.9. The minimum Gasteiger partial charge on any atom is -0.332 e. The van der Waals surface area contributed by atoms with Crippen LogP contribution in [-0.2, 0) is 4.79 Å². The van der Waals surface area contributed by atoms with Crippen LogP contribution in [0.1, 0.15) is 38.3 Å². The number of rotatable bonds is 4. The molecular formula is C14H19FN2O. The zero-order valence-corrected chi connectivity index (χ0v) is 10.8. The van der Waals surface area contributed by atoms with Gasteiger partial charge in [-0.1, -0.05) is 12.1 Å². The van der Waals surface area contributed by atoms with Crippen LogP contribution in [0.25, 0.3) is 0 Å². The molecule has 0 aliphatic heterocycles. The molecule has 2 N–H and O–H groups in total. The Bertz CT molecular complexity index is 426.